The van der Waals surface area contributed by atoms with Gasteiger partial charge in [-0.25, -0.2) is 0 Å². The number of likely N-dealkylation sites (N-methyl/N-ethyl adjacent to an activating group) is 1. The number of allylic oxidation sites excluding steroid dienone is 7. The molecule has 0 fully saturated rings. The molecule has 0 heterocycles. The second kappa shape index (κ2) is 46.6. The molecule has 0 radical (unpaired) electrons. The van der Waals surface area contributed by atoms with E-state index in [0.29, 0.717) is 17.4 Å². The van der Waals surface area contributed by atoms with Crippen LogP contribution in [0.4, 0.5) is 0 Å². The van der Waals surface area contributed by atoms with Gasteiger partial charge in [0.2, 0.25) is 5.91 Å². The number of hydrogen-bond acceptors (Lipinski definition) is 6. The zero-order valence-corrected chi connectivity index (χ0v) is 43.6. The van der Waals surface area contributed by atoms with Gasteiger partial charge in [-0.15, -0.1) is 0 Å². The first-order valence-electron chi connectivity index (χ1n) is 27.0. The van der Waals surface area contributed by atoms with Gasteiger partial charge < -0.3 is 28.8 Å². The molecule has 0 aromatic heterocycles. The van der Waals surface area contributed by atoms with E-state index in [1.165, 1.54) is 161 Å². The van der Waals surface area contributed by atoms with Gasteiger partial charge in [-0.05, 0) is 70.6 Å². The van der Waals surface area contributed by atoms with Crippen molar-refractivity contribution in [2.45, 2.75) is 257 Å². The Bertz CT molecular complexity index is 1180. The lowest BCUT2D eigenvalue weighted by molar-refractivity contribution is -0.870. The monoisotopic (exact) mass is 921 g/mol. The van der Waals surface area contributed by atoms with Crippen LogP contribution >= 0.6 is 7.82 Å². The van der Waals surface area contributed by atoms with E-state index in [4.69, 9.17) is 9.05 Å². The zero-order chi connectivity index (χ0) is 47.1. The smallest absolute Gasteiger partial charge is 0.268 e. The molecule has 0 saturated carbocycles. The summed E-state index contributed by atoms with van der Waals surface area (Å²) in [5.41, 5.74) is 0. The number of rotatable bonds is 49. The summed E-state index contributed by atoms with van der Waals surface area (Å²) in [5, 5.41) is 13.8. The van der Waals surface area contributed by atoms with Crippen molar-refractivity contribution in [3.63, 3.8) is 0 Å². The fraction of sp³-hybridized carbons (Fsp3) is 0.836. The Morgan fingerprint density at radius 3 is 1.27 bits per heavy atom. The van der Waals surface area contributed by atoms with Gasteiger partial charge in [-0.1, -0.05) is 217 Å². The van der Waals surface area contributed by atoms with Crippen molar-refractivity contribution in [2.75, 3.05) is 40.9 Å². The van der Waals surface area contributed by atoms with Gasteiger partial charge in [-0.2, -0.15) is 0 Å². The lowest BCUT2D eigenvalue weighted by atomic mass is 10.0. The van der Waals surface area contributed by atoms with Gasteiger partial charge in [0, 0.05) is 6.42 Å². The molecular weight excluding hydrogens is 816 g/mol. The summed E-state index contributed by atoms with van der Waals surface area (Å²) in [5.74, 6) is -0.219. The molecule has 1 amide bonds. The summed E-state index contributed by atoms with van der Waals surface area (Å²) in [6.07, 6.45) is 60.4. The molecular formula is C55H105N2O6P. The van der Waals surface area contributed by atoms with Crippen molar-refractivity contribution >= 4 is 13.7 Å². The van der Waals surface area contributed by atoms with Crippen LogP contribution < -0.4 is 10.2 Å². The van der Waals surface area contributed by atoms with E-state index in [1.807, 2.05) is 27.2 Å². The third-order valence-corrected chi connectivity index (χ3v) is 13.0. The molecule has 0 aliphatic heterocycles. The van der Waals surface area contributed by atoms with Crippen molar-refractivity contribution in [3.05, 3.63) is 48.6 Å². The molecule has 376 valence electrons. The molecule has 0 aliphatic carbocycles. The van der Waals surface area contributed by atoms with Crippen LogP contribution in [0.5, 0.6) is 0 Å². The number of aliphatic hydroxyl groups excluding tert-OH is 1. The normalized spacial score (nSPS) is 14.4. The summed E-state index contributed by atoms with van der Waals surface area (Å²) in [4.78, 5) is 25.4. The number of nitrogens with one attached hydrogen (secondary N) is 1. The second-order valence-electron chi connectivity index (χ2n) is 19.6. The third kappa shape index (κ3) is 48.4. The molecule has 0 aromatic carbocycles. The second-order valence-corrected chi connectivity index (χ2v) is 21.0. The zero-order valence-electron chi connectivity index (χ0n) is 42.7. The largest absolute Gasteiger partial charge is 0.756 e. The number of nitrogens with zero attached hydrogens (tertiary/aromatic N) is 1. The molecule has 0 rings (SSSR count). The Kier molecular flexibility index (Phi) is 45.4. The van der Waals surface area contributed by atoms with Gasteiger partial charge >= 0.3 is 0 Å². The van der Waals surface area contributed by atoms with Crippen LogP contribution in [0, 0.1) is 0 Å². The van der Waals surface area contributed by atoms with Gasteiger partial charge in [0.25, 0.3) is 7.82 Å². The average Bonchev–Trinajstić information content (AvgIpc) is 3.25. The molecule has 3 atom stereocenters. The van der Waals surface area contributed by atoms with Crippen LogP contribution in [0.25, 0.3) is 0 Å². The van der Waals surface area contributed by atoms with Crippen LogP contribution in [0.3, 0.4) is 0 Å². The van der Waals surface area contributed by atoms with E-state index in [0.717, 1.165) is 64.2 Å². The number of aliphatic hydroxyl groups is 1. The van der Waals surface area contributed by atoms with Crippen LogP contribution in [0.2, 0.25) is 0 Å². The highest BCUT2D eigenvalue weighted by Crippen LogP contribution is 2.38. The topological polar surface area (TPSA) is 108 Å². The summed E-state index contributed by atoms with van der Waals surface area (Å²) >= 11 is 0. The van der Waals surface area contributed by atoms with Crippen LogP contribution in [0.15, 0.2) is 48.6 Å². The average molecular weight is 921 g/mol. The van der Waals surface area contributed by atoms with Gasteiger partial charge in [0.05, 0.1) is 39.9 Å². The fourth-order valence-corrected chi connectivity index (χ4v) is 8.43. The number of amides is 1. The highest BCUT2D eigenvalue weighted by Gasteiger charge is 2.23. The molecule has 0 spiro atoms. The molecule has 8 nitrogen and oxygen atoms in total. The van der Waals surface area contributed by atoms with Crippen molar-refractivity contribution in [2.24, 2.45) is 0 Å². The minimum absolute atomic E-state index is 0.0112. The van der Waals surface area contributed by atoms with Crippen molar-refractivity contribution in [3.8, 4) is 0 Å². The highest BCUT2D eigenvalue weighted by molar-refractivity contribution is 7.45. The summed E-state index contributed by atoms with van der Waals surface area (Å²) in [7, 11) is 1.23. The first-order valence-corrected chi connectivity index (χ1v) is 28.5. The van der Waals surface area contributed by atoms with E-state index in [9.17, 15) is 19.4 Å². The minimum atomic E-state index is -4.61. The molecule has 0 saturated heterocycles. The Labute approximate surface area is 397 Å². The number of unbranched alkanes of at least 4 members (excludes halogenated alkanes) is 30. The number of carbonyl (C=O) groups is 1. The standard InChI is InChI=1S/C55H105N2O6P/c1-6-8-10-12-14-16-18-20-22-24-25-26-27-28-29-30-31-32-33-34-36-38-40-42-44-46-48-54(58)53(52-63-64(60,61)62-51-50-57(3,4)5)56-55(59)49-47-45-43-41-39-37-35-23-21-19-17-15-13-11-9-7-2/h23,32-33,35,38,40,46,48,53-54,58H,6-22,24-31,34,36-37,39,41-45,47,49-52H2,1-5H3,(H-,56,59,60,61)/b33-32+,35-23-,40-38+,48-46+. The maximum absolute atomic E-state index is 12.9. The van der Waals surface area contributed by atoms with E-state index in [1.54, 1.807) is 6.08 Å². The molecule has 0 bridgehead atoms. The Hall–Kier alpha value is -1.54. The number of carbonyl (C=O) groups excluding carboxylic acids is 1. The van der Waals surface area contributed by atoms with Crippen LogP contribution in [0.1, 0.15) is 245 Å². The third-order valence-electron chi connectivity index (χ3n) is 12.0. The predicted octanol–water partition coefficient (Wildman–Crippen LogP) is 15.3. The lowest BCUT2D eigenvalue weighted by Crippen LogP contribution is -2.45. The summed E-state index contributed by atoms with van der Waals surface area (Å²) in [6.45, 7) is 4.62. The van der Waals surface area contributed by atoms with Crippen LogP contribution in [-0.2, 0) is 18.4 Å². The van der Waals surface area contributed by atoms with Crippen LogP contribution in [-0.4, -0.2) is 68.5 Å². The maximum atomic E-state index is 12.9. The Morgan fingerprint density at radius 1 is 0.531 bits per heavy atom. The Morgan fingerprint density at radius 2 is 0.875 bits per heavy atom. The molecule has 3 unspecified atom stereocenters. The maximum Gasteiger partial charge on any atom is 0.268 e. The number of hydrogen-bond donors (Lipinski definition) is 2. The highest BCUT2D eigenvalue weighted by atomic mass is 31.2. The quantitative estimate of drug-likeness (QED) is 0.0272. The SMILES string of the molecule is CCCCCCCCC/C=C\CCCCCCCC(=O)NC(COP(=O)([O-])OCC[N+](C)(C)C)C(O)/C=C/CC/C=C/CC/C=C/CCCCCCCCCCCCCCCCCC. The van der Waals surface area contributed by atoms with E-state index in [2.05, 4.69) is 55.6 Å². The summed E-state index contributed by atoms with van der Waals surface area (Å²) in [6, 6.07) is -0.914. The van der Waals surface area contributed by atoms with Crippen molar-refractivity contribution in [1.82, 2.24) is 5.32 Å². The number of quaternary nitrogens is 1. The number of phosphoric ester groups is 1. The summed E-state index contributed by atoms with van der Waals surface area (Å²) < 4.78 is 23.3. The lowest BCUT2D eigenvalue weighted by Gasteiger charge is -2.29. The predicted molar refractivity (Wildman–Crippen MR) is 274 cm³/mol. The first kappa shape index (κ1) is 62.5. The molecule has 9 heteroatoms. The van der Waals surface area contributed by atoms with Crippen molar-refractivity contribution in [1.29, 1.82) is 0 Å². The fourth-order valence-electron chi connectivity index (χ4n) is 7.71. The molecule has 0 aromatic rings. The first-order chi connectivity index (χ1) is 31.0. The van der Waals surface area contributed by atoms with E-state index < -0.39 is 26.6 Å². The molecule has 64 heavy (non-hydrogen) atoms. The minimum Gasteiger partial charge on any atom is -0.756 e. The van der Waals surface area contributed by atoms with E-state index in [-0.39, 0.29) is 12.5 Å². The molecule has 2 N–H and O–H groups in total. The van der Waals surface area contributed by atoms with Gasteiger partial charge in [0.1, 0.15) is 13.2 Å². The van der Waals surface area contributed by atoms with Gasteiger partial charge in [-0.3, -0.25) is 9.36 Å². The molecule has 0 aliphatic rings. The van der Waals surface area contributed by atoms with Crippen molar-refractivity contribution < 1.29 is 32.9 Å². The number of phosphoric acid groups is 1. The van der Waals surface area contributed by atoms with E-state index >= 15 is 0 Å². The van der Waals surface area contributed by atoms with Gasteiger partial charge in [0.15, 0.2) is 0 Å². The Balaban J connectivity index is 4.33.